The Hall–Kier alpha value is -1.26. The van der Waals surface area contributed by atoms with Crippen molar-refractivity contribution < 1.29 is 5.11 Å². The monoisotopic (exact) mass is 304 g/mol. The van der Waals surface area contributed by atoms with Gasteiger partial charge in [0.1, 0.15) is 17.0 Å². The molecule has 0 aliphatic rings. The largest absolute Gasteiger partial charge is 0.385 e. The molecular weight excluding hydrogens is 280 g/mol. The Morgan fingerprint density at radius 3 is 2.33 bits per heavy atom. The number of aryl methyl sites for hydroxylation is 2. The van der Waals surface area contributed by atoms with Crippen LogP contribution in [0.5, 0.6) is 0 Å². The lowest BCUT2D eigenvalue weighted by molar-refractivity contribution is 0.164. The molecule has 4 heteroatoms. The number of nitrogens with zero attached hydrogens (tertiary/aromatic N) is 1. The quantitative estimate of drug-likeness (QED) is 0.838. The summed E-state index contributed by atoms with van der Waals surface area (Å²) in [7, 11) is 0. The van der Waals surface area contributed by atoms with E-state index in [-0.39, 0.29) is 0 Å². The molecule has 1 heterocycles. The summed E-state index contributed by atoms with van der Waals surface area (Å²) in [6.45, 7) is 10.4. The molecule has 0 saturated heterocycles. The van der Waals surface area contributed by atoms with Crippen LogP contribution in [-0.2, 0) is 0 Å². The van der Waals surface area contributed by atoms with Gasteiger partial charge in [-0.1, -0.05) is 38.6 Å². The van der Waals surface area contributed by atoms with Crippen LogP contribution in [0.25, 0.3) is 0 Å². The fraction of sp³-hybridized carbons (Fsp3) is 0.471. The van der Waals surface area contributed by atoms with Gasteiger partial charge in [0.2, 0.25) is 0 Å². The number of aromatic amines is 1. The van der Waals surface area contributed by atoms with Crippen molar-refractivity contribution in [1.29, 1.82) is 0 Å². The van der Waals surface area contributed by atoms with Crippen LogP contribution in [0.2, 0.25) is 0 Å². The second-order valence-electron chi connectivity index (χ2n) is 5.84. The standard InChI is InChI=1S/C17H24N2OS/c1-6-14(20)16-18-15(10(2)3)17(19-16)21-13-8-11(4)7-12(5)9-13/h7-10,14,20H,6H2,1-5H3,(H,18,19). The number of H-pyrrole nitrogens is 1. The lowest BCUT2D eigenvalue weighted by Crippen LogP contribution is -1.98. The van der Waals surface area contributed by atoms with Gasteiger partial charge in [-0.15, -0.1) is 0 Å². The first-order valence-electron chi connectivity index (χ1n) is 7.44. The number of benzene rings is 1. The van der Waals surface area contributed by atoms with Gasteiger partial charge in [0.25, 0.3) is 0 Å². The van der Waals surface area contributed by atoms with Crippen LogP contribution < -0.4 is 0 Å². The van der Waals surface area contributed by atoms with E-state index in [1.165, 1.54) is 16.0 Å². The van der Waals surface area contributed by atoms with Crippen LogP contribution >= 0.6 is 11.8 Å². The molecule has 1 atom stereocenters. The smallest absolute Gasteiger partial charge is 0.136 e. The number of aliphatic hydroxyl groups is 1. The highest BCUT2D eigenvalue weighted by Crippen LogP contribution is 2.34. The van der Waals surface area contributed by atoms with E-state index in [9.17, 15) is 5.11 Å². The average molecular weight is 304 g/mol. The van der Waals surface area contributed by atoms with Crippen LogP contribution in [0, 0.1) is 13.8 Å². The Kier molecular flexibility index (Phi) is 5.12. The topological polar surface area (TPSA) is 48.9 Å². The van der Waals surface area contributed by atoms with Crippen molar-refractivity contribution in [3.63, 3.8) is 0 Å². The Morgan fingerprint density at radius 1 is 1.19 bits per heavy atom. The SMILES string of the molecule is CCC(O)c1nc(C(C)C)c(Sc2cc(C)cc(C)c2)[nH]1. The van der Waals surface area contributed by atoms with E-state index in [1.54, 1.807) is 11.8 Å². The van der Waals surface area contributed by atoms with E-state index in [0.717, 1.165) is 10.7 Å². The molecule has 1 unspecified atom stereocenters. The molecule has 0 spiro atoms. The first kappa shape index (κ1) is 16.1. The molecule has 1 aromatic heterocycles. The van der Waals surface area contributed by atoms with Gasteiger partial charge in [0.05, 0.1) is 5.69 Å². The van der Waals surface area contributed by atoms with Gasteiger partial charge in [-0.3, -0.25) is 0 Å². The maximum atomic E-state index is 10.0. The summed E-state index contributed by atoms with van der Waals surface area (Å²) in [5.74, 6) is 1.00. The van der Waals surface area contributed by atoms with Crippen molar-refractivity contribution in [1.82, 2.24) is 9.97 Å². The Labute approximate surface area is 131 Å². The van der Waals surface area contributed by atoms with E-state index in [0.29, 0.717) is 18.2 Å². The zero-order valence-corrected chi connectivity index (χ0v) is 14.2. The van der Waals surface area contributed by atoms with Crippen molar-refractivity contribution in [2.24, 2.45) is 0 Å². The Bertz CT molecular complexity index is 599. The summed E-state index contributed by atoms with van der Waals surface area (Å²) in [5.41, 5.74) is 3.55. The summed E-state index contributed by atoms with van der Waals surface area (Å²) < 4.78 is 0. The van der Waals surface area contributed by atoms with Gasteiger partial charge in [0.15, 0.2) is 0 Å². The van der Waals surface area contributed by atoms with Gasteiger partial charge < -0.3 is 10.1 Å². The Morgan fingerprint density at radius 2 is 1.81 bits per heavy atom. The molecule has 2 aromatic rings. The Balaban J connectivity index is 2.35. The highest BCUT2D eigenvalue weighted by atomic mass is 32.2. The first-order valence-corrected chi connectivity index (χ1v) is 8.26. The molecule has 114 valence electrons. The van der Waals surface area contributed by atoms with Crippen molar-refractivity contribution >= 4 is 11.8 Å². The third-order valence-electron chi connectivity index (χ3n) is 3.38. The van der Waals surface area contributed by atoms with Crippen LogP contribution in [0.1, 0.15) is 61.9 Å². The van der Waals surface area contributed by atoms with Gasteiger partial charge in [0, 0.05) is 4.90 Å². The lowest BCUT2D eigenvalue weighted by atomic mass is 10.1. The van der Waals surface area contributed by atoms with Gasteiger partial charge in [-0.05, 0) is 49.4 Å². The van der Waals surface area contributed by atoms with Crippen molar-refractivity contribution in [2.75, 3.05) is 0 Å². The maximum Gasteiger partial charge on any atom is 0.136 e. The molecule has 0 radical (unpaired) electrons. The molecule has 0 aliphatic heterocycles. The summed E-state index contributed by atoms with van der Waals surface area (Å²) in [5, 5.41) is 11.0. The van der Waals surface area contributed by atoms with Crippen molar-refractivity contribution in [3.8, 4) is 0 Å². The number of aromatic nitrogens is 2. The van der Waals surface area contributed by atoms with E-state index in [1.807, 2.05) is 6.92 Å². The molecule has 2 N–H and O–H groups in total. The average Bonchev–Trinajstić information content (AvgIpc) is 2.80. The molecule has 0 fully saturated rings. The summed E-state index contributed by atoms with van der Waals surface area (Å²) in [4.78, 5) is 9.10. The zero-order chi connectivity index (χ0) is 15.6. The summed E-state index contributed by atoms with van der Waals surface area (Å²) in [6, 6.07) is 6.53. The van der Waals surface area contributed by atoms with Crippen molar-refractivity contribution in [3.05, 3.63) is 40.8 Å². The highest BCUT2D eigenvalue weighted by molar-refractivity contribution is 7.99. The van der Waals surface area contributed by atoms with Crippen LogP contribution in [-0.4, -0.2) is 15.1 Å². The van der Waals surface area contributed by atoms with Gasteiger partial charge in [-0.2, -0.15) is 0 Å². The van der Waals surface area contributed by atoms with Crippen LogP contribution in [0.3, 0.4) is 0 Å². The molecule has 0 aliphatic carbocycles. The minimum Gasteiger partial charge on any atom is -0.385 e. The van der Waals surface area contributed by atoms with Crippen molar-refractivity contribution in [2.45, 2.75) is 63.0 Å². The number of rotatable bonds is 5. The fourth-order valence-corrected chi connectivity index (χ4v) is 3.59. The van der Waals surface area contributed by atoms with Gasteiger partial charge >= 0.3 is 0 Å². The predicted octanol–water partition coefficient (Wildman–Crippen LogP) is 4.74. The number of hydrogen-bond donors (Lipinski definition) is 2. The molecular formula is C17H24N2OS. The highest BCUT2D eigenvalue weighted by Gasteiger charge is 2.18. The molecule has 21 heavy (non-hydrogen) atoms. The normalized spacial score (nSPS) is 12.9. The molecule has 0 bridgehead atoms. The molecule has 2 rings (SSSR count). The molecule has 3 nitrogen and oxygen atoms in total. The molecule has 0 saturated carbocycles. The second kappa shape index (κ2) is 6.67. The van der Waals surface area contributed by atoms with E-state index in [2.05, 4.69) is 55.9 Å². The van der Waals surface area contributed by atoms with E-state index in [4.69, 9.17) is 0 Å². The maximum absolute atomic E-state index is 10.0. The number of nitrogens with one attached hydrogen (secondary N) is 1. The summed E-state index contributed by atoms with van der Waals surface area (Å²) >= 11 is 1.69. The predicted molar refractivity (Wildman–Crippen MR) is 88.0 cm³/mol. The number of imidazole rings is 1. The second-order valence-corrected chi connectivity index (χ2v) is 6.92. The number of aliphatic hydroxyl groups excluding tert-OH is 1. The molecule has 1 aromatic carbocycles. The molecule has 0 amide bonds. The van der Waals surface area contributed by atoms with Crippen LogP contribution in [0.4, 0.5) is 0 Å². The zero-order valence-electron chi connectivity index (χ0n) is 13.4. The third kappa shape index (κ3) is 3.89. The lowest BCUT2D eigenvalue weighted by Gasteiger charge is -2.07. The van der Waals surface area contributed by atoms with E-state index >= 15 is 0 Å². The third-order valence-corrected chi connectivity index (χ3v) is 4.37. The summed E-state index contributed by atoms with van der Waals surface area (Å²) in [6.07, 6.45) is 0.148. The van der Waals surface area contributed by atoms with E-state index < -0.39 is 6.10 Å². The first-order chi connectivity index (χ1) is 9.90. The minimum absolute atomic E-state index is 0.326. The van der Waals surface area contributed by atoms with Crippen LogP contribution in [0.15, 0.2) is 28.1 Å². The minimum atomic E-state index is -0.518. The fourth-order valence-electron chi connectivity index (χ4n) is 2.32. The number of hydrogen-bond acceptors (Lipinski definition) is 3. The van der Waals surface area contributed by atoms with Gasteiger partial charge in [-0.25, -0.2) is 4.98 Å².